The predicted octanol–water partition coefficient (Wildman–Crippen LogP) is 3.51. The number of pyridine rings is 2. The average molecular weight is 464 g/mol. The Bertz CT molecular complexity index is 1610. The number of H-pyrrole nitrogens is 1. The lowest BCUT2D eigenvalue weighted by atomic mass is 9.84. The molecule has 0 atom stereocenters. The number of hydrogen-bond donors (Lipinski definition) is 2. The first-order chi connectivity index (χ1) is 15.4. The number of hydrogen-bond acceptors (Lipinski definition) is 4. The Kier molecular flexibility index (Phi) is 5.38. The molecular formula is C25H25N3O4S. The van der Waals surface area contributed by atoms with E-state index < -0.39 is 10.0 Å². The van der Waals surface area contributed by atoms with Gasteiger partial charge in [-0.15, -0.1) is 0 Å². The number of benzene rings is 2. The third-order valence-corrected chi connectivity index (χ3v) is 6.71. The first-order valence-corrected chi connectivity index (χ1v) is 11.9. The molecule has 0 unspecified atom stereocenters. The number of aryl methyl sites for hydroxylation is 1. The van der Waals surface area contributed by atoms with Gasteiger partial charge in [-0.1, -0.05) is 32.9 Å². The fraction of sp³-hybridized carbons (Fsp3) is 0.200. The summed E-state index contributed by atoms with van der Waals surface area (Å²) in [6, 6.07) is 15.2. The Balaban J connectivity index is 2.07. The van der Waals surface area contributed by atoms with Crippen molar-refractivity contribution in [3.63, 3.8) is 0 Å². The summed E-state index contributed by atoms with van der Waals surface area (Å²) in [6.45, 7) is 6.26. The maximum absolute atomic E-state index is 13.3. The van der Waals surface area contributed by atoms with Gasteiger partial charge in [0, 0.05) is 29.9 Å². The fourth-order valence-corrected chi connectivity index (χ4v) is 4.46. The second-order valence-electron chi connectivity index (χ2n) is 9.12. The minimum Gasteiger partial charge on any atom is -0.329 e. The maximum atomic E-state index is 13.3. The van der Waals surface area contributed by atoms with Crippen molar-refractivity contribution in [3.8, 4) is 22.3 Å². The van der Waals surface area contributed by atoms with E-state index in [4.69, 9.17) is 5.14 Å². The molecule has 7 nitrogen and oxygen atoms in total. The van der Waals surface area contributed by atoms with Gasteiger partial charge >= 0.3 is 0 Å². The number of aromatic nitrogens is 2. The van der Waals surface area contributed by atoms with Gasteiger partial charge in [0.15, 0.2) is 0 Å². The van der Waals surface area contributed by atoms with E-state index in [1.165, 1.54) is 16.7 Å². The van der Waals surface area contributed by atoms with Crippen LogP contribution in [-0.2, 0) is 22.5 Å². The maximum Gasteiger partial charge on any atom is 0.258 e. The molecule has 0 radical (unpaired) electrons. The monoisotopic (exact) mass is 463 g/mol. The number of nitrogens with two attached hydrogens (primary N) is 1. The van der Waals surface area contributed by atoms with Crippen LogP contribution in [0.2, 0.25) is 0 Å². The first kappa shape index (κ1) is 22.7. The molecule has 0 aliphatic carbocycles. The molecule has 3 N–H and O–H groups in total. The van der Waals surface area contributed by atoms with E-state index in [0.717, 1.165) is 10.9 Å². The molecule has 0 aliphatic heterocycles. The summed E-state index contributed by atoms with van der Waals surface area (Å²) in [5.41, 5.74) is 3.12. The van der Waals surface area contributed by atoms with Crippen molar-refractivity contribution in [1.29, 1.82) is 0 Å². The smallest absolute Gasteiger partial charge is 0.258 e. The number of nitrogens with zero attached hydrogens (tertiary/aromatic N) is 1. The Morgan fingerprint density at radius 2 is 1.58 bits per heavy atom. The van der Waals surface area contributed by atoms with E-state index in [0.29, 0.717) is 27.8 Å². The summed E-state index contributed by atoms with van der Waals surface area (Å²) in [7, 11) is -2.16. The second kappa shape index (κ2) is 7.83. The van der Waals surface area contributed by atoms with E-state index in [-0.39, 0.29) is 21.4 Å². The molecular weight excluding hydrogens is 438 g/mol. The number of nitrogens with one attached hydrogen (secondary N) is 1. The molecule has 2 aromatic heterocycles. The highest BCUT2D eigenvalue weighted by Crippen LogP contribution is 2.34. The Morgan fingerprint density at radius 3 is 2.15 bits per heavy atom. The molecule has 0 aliphatic rings. The molecule has 0 saturated heterocycles. The van der Waals surface area contributed by atoms with Crippen molar-refractivity contribution in [2.45, 2.75) is 31.1 Å². The van der Waals surface area contributed by atoms with E-state index in [1.54, 1.807) is 43.6 Å². The van der Waals surface area contributed by atoms with Crippen molar-refractivity contribution in [2.75, 3.05) is 0 Å². The molecule has 0 fully saturated rings. The number of primary sulfonamides is 1. The minimum atomic E-state index is -3.83. The van der Waals surface area contributed by atoms with Crippen molar-refractivity contribution < 1.29 is 8.42 Å². The van der Waals surface area contributed by atoms with Gasteiger partial charge in [0.25, 0.3) is 11.1 Å². The molecule has 4 aromatic rings. The zero-order valence-corrected chi connectivity index (χ0v) is 19.7. The van der Waals surface area contributed by atoms with Crippen LogP contribution in [0.1, 0.15) is 26.3 Å². The zero-order valence-electron chi connectivity index (χ0n) is 18.8. The highest BCUT2D eigenvalue weighted by atomic mass is 32.2. The number of rotatable bonds is 3. The van der Waals surface area contributed by atoms with Crippen molar-refractivity contribution in [2.24, 2.45) is 12.2 Å². The molecule has 33 heavy (non-hydrogen) atoms. The SMILES string of the molecule is Cn1c(=O)c(-c2ccc(S(N)(=O)=O)cc2)cc2cc(C(C)(C)C)cc(-c3ccc[nH]c3=O)c21. The normalized spacial score (nSPS) is 12.3. The molecule has 170 valence electrons. The number of sulfonamides is 1. The molecule has 8 heteroatoms. The number of aromatic amines is 1. The third-order valence-electron chi connectivity index (χ3n) is 5.78. The van der Waals surface area contributed by atoms with Crippen LogP contribution in [0.5, 0.6) is 0 Å². The molecule has 2 aromatic carbocycles. The Hall–Kier alpha value is -3.49. The van der Waals surface area contributed by atoms with Gasteiger partial charge in [0.2, 0.25) is 10.0 Å². The predicted molar refractivity (Wildman–Crippen MR) is 131 cm³/mol. The van der Waals surface area contributed by atoms with Crippen molar-refractivity contribution >= 4 is 20.9 Å². The lowest BCUT2D eigenvalue weighted by Gasteiger charge is -2.22. The van der Waals surface area contributed by atoms with Crippen molar-refractivity contribution in [1.82, 2.24) is 9.55 Å². The van der Waals surface area contributed by atoms with Gasteiger partial charge in [-0.3, -0.25) is 9.59 Å². The van der Waals surface area contributed by atoms with Crippen LogP contribution >= 0.6 is 0 Å². The van der Waals surface area contributed by atoms with Crippen molar-refractivity contribution in [3.05, 3.63) is 87.1 Å². The topological polar surface area (TPSA) is 115 Å². The van der Waals surface area contributed by atoms with Crippen LogP contribution in [-0.4, -0.2) is 18.0 Å². The van der Waals surface area contributed by atoms with Crippen LogP contribution in [0, 0.1) is 0 Å². The van der Waals surface area contributed by atoms with Gasteiger partial charge in [-0.25, -0.2) is 13.6 Å². The zero-order chi connectivity index (χ0) is 24.1. The summed E-state index contributed by atoms with van der Waals surface area (Å²) in [6.07, 6.45) is 1.57. The van der Waals surface area contributed by atoms with Crippen LogP contribution in [0.15, 0.2) is 75.3 Å². The molecule has 0 amide bonds. The minimum absolute atomic E-state index is 0.0236. The highest BCUT2D eigenvalue weighted by molar-refractivity contribution is 7.89. The largest absolute Gasteiger partial charge is 0.329 e. The average Bonchev–Trinajstić information content (AvgIpc) is 2.74. The summed E-state index contributed by atoms with van der Waals surface area (Å²) in [4.78, 5) is 28.7. The van der Waals surface area contributed by atoms with Gasteiger partial charge in [-0.05, 0) is 64.4 Å². The van der Waals surface area contributed by atoms with E-state index in [9.17, 15) is 18.0 Å². The van der Waals surface area contributed by atoms with Gasteiger partial charge in [0.05, 0.1) is 10.4 Å². The van der Waals surface area contributed by atoms with E-state index >= 15 is 0 Å². The fourth-order valence-electron chi connectivity index (χ4n) is 3.94. The Labute approximate surface area is 191 Å². The summed E-state index contributed by atoms with van der Waals surface area (Å²) >= 11 is 0. The molecule has 0 saturated carbocycles. The number of fused-ring (bicyclic) bond motifs is 1. The first-order valence-electron chi connectivity index (χ1n) is 10.4. The van der Waals surface area contributed by atoms with Gasteiger partial charge < -0.3 is 9.55 Å². The van der Waals surface area contributed by atoms with Gasteiger partial charge in [-0.2, -0.15) is 0 Å². The summed E-state index contributed by atoms with van der Waals surface area (Å²) in [5.74, 6) is 0. The van der Waals surface area contributed by atoms with Crippen LogP contribution < -0.4 is 16.3 Å². The molecule has 0 spiro atoms. The second-order valence-corrected chi connectivity index (χ2v) is 10.7. The molecule has 4 rings (SSSR count). The van der Waals surface area contributed by atoms with E-state index in [2.05, 4.69) is 25.8 Å². The highest BCUT2D eigenvalue weighted by Gasteiger charge is 2.21. The molecule has 0 bridgehead atoms. The lowest BCUT2D eigenvalue weighted by molar-refractivity contribution is 0.591. The van der Waals surface area contributed by atoms with E-state index in [1.807, 2.05) is 12.1 Å². The Morgan fingerprint density at radius 1 is 0.909 bits per heavy atom. The van der Waals surface area contributed by atoms with Crippen LogP contribution in [0.3, 0.4) is 0 Å². The van der Waals surface area contributed by atoms with Crippen LogP contribution in [0.25, 0.3) is 33.2 Å². The standard InChI is InChI=1S/C25H25N3O4S/c1-25(2,3)17-12-16-13-20(15-7-9-18(10-8-15)33(26,31)32)24(30)28(4)22(16)21(14-17)19-6-5-11-27-23(19)29/h5-14H,1-4H3,(H,27,29)(H2,26,31,32). The van der Waals surface area contributed by atoms with Gasteiger partial charge in [0.1, 0.15) is 0 Å². The summed E-state index contributed by atoms with van der Waals surface area (Å²) < 4.78 is 24.7. The third kappa shape index (κ3) is 4.15. The summed E-state index contributed by atoms with van der Waals surface area (Å²) in [5, 5.41) is 5.99. The van der Waals surface area contributed by atoms with Crippen LogP contribution in [0.4, 0.5) is 0 Å². The quantitative estimate of drug-likeness (QED) is 0.484. The lowest BCUT2D eigenvalue weighted by Crippen LogP contribution is -2.21. The molecule has 2 heterocycles.